The van der Waals surface area contributed by atoms with Crippen LogP contribution in [0.25, 0.3) is 5.57 Å². The number of phenolic OH excluding ortho intramolecular Hbond substituents is 1. The molecule has 26 heavy (non-hydrogen) atoms. The Bertz CT molecular complexity index is 812. The van der Waals surface area contributed by atoms with Crippen molar-refractivity contribution in [1.29, 1.82) is 0 Å². The largest absolute Gasteiger partial charge is 0.505 e. The lowest BCUT2D eigenvalue weighted by molar-refractivity contribution is 0.0600. The molecule has 0 amide bonds. The summed E-state index contributed by atoms with van der Waals surface area (Å²) >= 11 is 0. The molecule has 3 nitrogen and oxygen atoms in total. The molecule has 1 aliphatic carbocycles. The van der Waals surface area contributed by atoms with Crippen LogP contribution in [0.15, 0.2) is 48.0 Å². The molecule has 0 saturated heterocycles. The average molecular weight is 354 g/mol. The average Bonchev–Trinajstić information content (AvgIpc) is 2.94. The van der Waals surface area contributed by atoms with Gasteiger partial charge < -0.3 is 9.84 Å². The van der Waals surface area contributed by atoms with E-state index in [0.717, 1.165) is 42.4 Å². The number of halogens is 1. The van der Waals surface area contributed by atoms with Gasteiger partial charge in [-0.1, -0.05) is 36.6 Å². The predicted molar refractivity (Wildman–Crippen MR) is 99.6 cm³/mol. The summed E-state index contributed by atoms with van der Waals surface area (Å²) in [5.41, 5.74) is 4.49. The van der Waals surface area contributed by atoms with Gasteiger partial charge in [-0.2, -0.15) is 0 Å². The predicted octanol–water partition coefficient (Wildman–Crippen LogP) is 5.47. The molecule has 0 atom stereocenters. The normalized spacial score (nSPS) is 14.6. The minimum atomic E-state index is -0.625. The number of carbonyl (C=O) groups excluding carboxylic acids is 1. The molecule has 0 aromatic heterocycles. The third kappa shape index (κ3) is 3.96. The molecule has 2 aromatic carbocycles. The first-order valence-electron chi connectivity index (χ1n) is 9.00. The number of rotatable bonds is 3. The Hall–Kier alpha value is -2.62. The summed E-state index contributed by atoms with van der Waals surface area (Å²) in [5, 5.41) is 9.53. The first-order chi connectivity index (χ1) is 12.6. The van der Waals surface area contributed by atoms with E-state index in [9.17, 15) is 14.3 Å². The minimum Gasteiger partial charge on any atom is -0.505 e. The molecule has 0 bridgehead atoms. The maximum Gasteiger partial charge on any atom is 0.337 e. The molecular weight excluding hydrogens is 331 g/mol. The summed E-state index contributed by atoms with van der Waals surface area (Å²) in [4.78, 5) is 11.7. The molecule has 0 spiro atoms. The number of esters is 1. The molecule has 0 unspecified atom stereocenters. The number of aromatic hydroxyl groups is 1. The standard InChI is InChI=1S/C22H23FO3/c1-26-22(25)17-10-8-16(9-11-17)21(15-6-4-2-3-5-7-15)18-12-13-20(24)19(23)14-18/h8-14,24H,2-7H2,1H3. The van der Waals surface area contributed by atoms with Gasteiger partial charge in [0.05, 0.1) is 12.7 Å². The van der Waals surface area contributed by atoms with Crippen molar-refractivity contribution in [3.8, 4) is 5.75 Å². The Kier molecular flexibility index (Phi) is 5.71. The topological polar surface area (TPSA) is 46.5 Å². The Labute approximate surface area is 153 Å². The smallest absolute Gasteiger partial charge is 0.337 e. The highest BCUT2D eigenvalue weighted by Gasteiger charge is 2.16. The molecule has 3 rings (SSSR count). The van der Waals surface area contributed by atoms with Crippen molar-refractivity contribution < 1.29 is 19.0 Å². The molecule has 1 N–H and O–H groups in total. The van der Waals surface area contributed by atoms with Crippen LogP contribution in [0.4, 0.5) is 4.39 Å². The Morgan fingerprint density at radius 1 is 0.923 bits per heavy atom. The third-order valence-electron chi connectivity index (χ3n) is 4.89. The van der Waals surface area contributed by atoms with Gasteiger partial charge in [0.15, 0.2) is 11.6 Å². The summed E-state index contributed by atoms with van der Waals surface area (Å²) in [6, 6.07) is 11.8. The first kappa shape index (κ1) is 18.2. The van der Waals surface area contributed by atoms with Crippen LogP contribution >= 0.6 is 0 Å². The van der Waals surface area contributed by atoms with Gasteiger partial charge in [0.2, 0.25) is 0 Å². The van der Waals surface area contributed by atoms with Gasteiger partial charge in [-0.3, -0.25) is 0 Å². The highest BCUT2D eigenvalue weighted by atomic mass is 19.1. The zero-order valence-electron chi connectivity index (χ0n) is 14.9. The van der Waals surface area contributed by atoms with Gasteiger partial charge in [0, 0.05) is 0 Å². The molecule has 1 saturated carbocycles. The summed E-state index contributed by atoms with van der Waals surface area (Å²) in [6.45, 7) is 0. The molecule has 0 aliphatic heterocycles. The van der Waals surface area contributed by atoms with Crippen molar-refractivity contribution in [1.82, 2.24) is 0 Å². The lowest BCUT2D eigenvalue weighted by Crippen LogP contribution is -2.02. The van der Waals surface area contributed by atoms with E-state index in [1.54, 1.807) is 18.2 Å². The van der Waals surface area contributed by atoms with Crippen LogP contribution in [0.2, 0.25) is 0 Å². The van der Waals surface area contributed by atoms with E-state index in [2.05, 4.69) is 0 Å². The SMILES string of the molecule is COC(=O)c1ccc(C(=C2CCCCCC2)c2ccc(O)c(F)c2)cc1. The number of benzene rings is 2. The van der Waals surface area contributed by atoms with E-state index in [1.165, 1.54) is 37.7 Å². The van der Waals surface area contributed by atoms with Crippen LogP contribution in [0.5, 0.6) is 5.75 Å². The highest BCUT2D eigenvalue weighted by molar-refractivity contribution is 5.90. The number of hydrogen-bond acceptors (Lipinski definition) is 3. The summed E-state index contributed by atoms with van der Waals surface area (Å²) in [6.07, 6.45) is 6.64. The fourth-order valence-electron chi connectivity index (χ4n) is 3.53. The van der Waals surface area contributed by atoms with Gasteiger partial charge in [-0.05, 0) is 66.6 Å². The third-order valence-corrected chi connectivity index (χ3v) is 4.89. The maximum atomic E-state index is 14.0. The zero-order valence-corrected chi connectivity index (χ0v) is 14.9. The van der Waals surface area contributed by atoms with Crippen LogP contribution < -0.4 is 0 Å². The molecule has 0 radical (unpaired) electrons. The number of ether oxygens (including phenoxy) is 1. The van der Waals surface area contributed by atoms with Crippen molar-refractivity contribution >= 4 is 11.5 Å². The second-order valence-electron chi connectivity index (χ2n) is 6.63. The Balaban J connectivity index is 2.09. The molecule has 2 aromatic rings. The second-order valence-corrected chi connectivity index (χ2v) is 6.63. The second kappa shape index (κ2) is 8.17. The van der Waals surface area contributed by atoms with Gasteiger partial charge in [0.25, 0.3) is 0 Å². The molecule has 136 valence electrons. The lowest BCUT2D eigenvalue weighted by Gasteiger charge is -2.16. The fourth-order valence-corrected chi connectivity index (χ4v) is 3.53. The highest BCUT2D eigenvalue weighted by Crippen LogP contribution is 2.35. The van der Waals surface area contributed by atoms with E-state index in [-0.39, 0.29) is 11.7 Å². The first-order valence-corrected chi connectivity index (χ1v) is 9.00. The molecule has 1 fully saturated rings. The minimum absolute atomic E-state index is 0.347. The van der Waals surface area contributed by atoms with E-state index >= 15 is 0 Å². The van der Waals surface area contributed by atoms with E-state index < -0.39 is 5.82 Å². The summed E-state index contributed by atoms with van der Waals surface area (Å²) in [5.74, 6) is -1.35. The fraction of sp³-hybridized carbons (Fsp3) is 0.318. The van der Waals surface area contributed by atoms with Crippen molar-refractivity contribution in [2.24, 2.45) is 0 Å². The summed E-state index contributed by atoms with van der Waals surface area (Å²) in [7, 11) is 1.36. The molecule has 0 heterocycles. The van der Waals surface area contributed by atoms with Crippen LogP contribution in [0, 0.1) is 5.82 Å². The molecule has 1 aliphatic rings. The number of methoxy groups -OCH3 is 1. The van der Waals surface area contributed by atoms with Crippen molar-refractivity contribution in [2.75, 3.05) is 7.11 Å². The zero-order chi connectivity index (χ0) is 18.5. The maximum absolute atomic E-state index is 14.0. The van der Waals surface area contributed by atoms with Crippen molar-refractivity contribution in [3.05, 3.63) is 70.5 Å². The van der Waals surface area contributed by atoms with Crippen LogP contribution in [0.3, 0.4) is 0 Å². The lowest BCUT2D eigenvalue weighted by atomic mass is 9.89. The number of carbonyl (C=O) groups is 1. The molecular formula is C22H23FO3. The Morgan fingerprint density at radius 3 is 2.08 bits per heavy atom. The van der Waals surface area contributed by atoms with Crippen molar-refractivity contribution in [3.63, 3.8) is 0 Å². The van der Waals surface area contributed by atoms with E-state index in [0.29, 0.717) is 5.56 Å². The van der Waals surface area contributed by atoms with Gasteiger partial charge in [-0.15, -0.1) is 0 Å². The quantitative estimate of drug-likeness (QED) is 0.587. The van der Waals surface area contributed by atoms with Gasteiger partial charge in [-0.25, -0.2) is 9.18 Å². The Morgan fingerprint density at radius 2 is 1.50 bits per heavy atom. The number of phenols is 1. The van der Waals surface area contributed by atoms with Gasteiger partial charge >= 0.3 is 5.97 Å². The molecule has 4 heteroatoms. The van der Waals surface area contributed by atoms with Crippen LogP contribution in [-0.2, 0) is 4.74 Å². The van der Waals surface area contributed by atoms with Gasteiger partial charge in [0.1, 0.15) is 0 Å². The summed E-state index contributed by atoms with van der Waals surface area (Å²) < 4.78 is 18.7. The number of hydrogen-bond donors (Lipinski definition) is 1. The van der Waals surface area contributed by atoms with Crippen LogP contribution in [0.1, 0.15) is 60.0 Å². The number of allylic oxidation sites excluding steroid dienone is 1. The van der Waals surface area contributed by atoms with E-state index in [4.69, 9.17) is 4.74 Å². The van der Waals surface area contributed by atoms with E-state index in [1.807, 2.05) is 12.1 Å². The van der Waals surface area contributed by atoms with Crippen molar-refractivity contribution in [2.45, 2.75) is 38.5 Å². The monoisotopic (exact) mass is 354 g/mol. The van der Waals surface area contributed by atoms with Crippen LogP contribution in [-0.4, -0.2) is 18.2 Å².